The molecule has 1 N–H and O–H groups in total. The summed E-state index contributed by atoms with van der Waals surface area (Å²) >= 11 is 6.99. The van der Waals surface area contributed by atoms with Crippen molar-refractivity contribution in [1.29, 1.82) is 0 Å². The molecule has 2 rings (SSSR count). The zero-order valence-corrected chi connectivity index (χ0v) is 13.7. The standard InChI is InChI=1S/C13H15Br2N3O/c1-19-13-10(6-11(14)7-12(13)15)8-16-2-4-18-5-3-17-9-18/h3,5-7,9,16H,2,4,8H2,1H3. The maximum absolute atomic E-state index is 5.41. The van der Waals surface area contributed by atoms with Gasteiger partial charge in [-0.15, -0.1) is 0 Å². The number of imidazole rings is 1. The van der Waals surface area contributed by atoms with Crippen molar-refractivity contribution in [3.05, 3.63) is 45.4 Å². The third-order valence-corrected chi connectivity index (χ3v) is 3.76. The molecule has 102 valence electrons. The highest BCUT2D eigenvalue weighted by Gasteiger charge is 2.08. The Bertz CT molecular complexity index is 529. The number of hydrogen-bond donors (Lipinski definition) is 1. The quantitative estimate of drug-likeness (QED) is 0.772. The smallest absolute Gasteiger partial charge is 0.137 e. The Morgan fingerprint density at radius 1 is 1.37 bits per heavy atom. The third-order valence-electron chi connectivity index (χ3n) is 2.71. The van der Waals surface area contributed by atoms with Gasteiger partial charge in [-0.1, -0.05) is 15.9 Å². The lowest BCUT2D eigenvalue weighted by Crippen LogP contribution is -2.19. The summed E-state index contributed by atoms with van der Waals surface area (Å²) in [6, 6.07) is 4.04. The monoisotopic (exact) mass is 387 g/mol. The van der Waals surface area contributed by atoms with Gasteiger partial charge in [0.2, 0.25) is 0 Å². The number of halogens is 2. The average molecular weight is 389 g/mol. The van der Waals surface area contributed by atoms with Gasteiger partial charge in [-0.3, -0.25) is 0 Å². The topological polar surface area (TPSA) is 39.1 Å². The van der Waals surface area contributed by atoms with Crippen LogP contribution in [0, 0.1) is 0 Å². The second-order valence-corrected chi connectivity index (χ2v) is 5.83. The second-order valence-electron chi connectivity index (χ2n) is 4.06. The Kier molecular flexibility index (Phi) is 5.42. The summed E-state index contributed by atoms with van der Waals surface area (Å²) in [5, 5.41) is 3.40. The predicted molar refractivity (Wildman–Crippen MR) is 82.3 cm³/mol. The van der Waals surface area contributed by atoms with E-state index in [2.05, 4.69) is 48.2 Å². The van der Waals surface area contributed by atoms with Crippen molar-refractivity contribution in [1.82, 2.24) is 14.9 Å². The first kappa shape index (κ1) is 14.6. The first-order valence-corrected chi connectivity index (χ1v) is 7.47. The van der Waals surface area contributed by atoms with E-state index in [0.717, 1.165) is 39.9 Å². The van der Waals surface area contributed by atoms with Gasteiger partial charge in [0.1, 0.15) is 5.75 Å². The van der Waals surface area contributed by atoms with Crippen LogP contribution in [0.25, 0.3) is 0 Å². The zero-order chi connectivity index (χ0) is 13.7. The Hall–Kier alpha value is -0.850. The zero-order valence-electron chi connectivity index (χ0n) is 10.6. The summed E-state index contributed by atoms with van der Waals surface area (Å²) in [6.45, 7) is 2.54. The number of benzene rings is 1. The van der Waals surface area contributed by atoms with Gasteiger partial charge in [0.05, 0.1) is 17.9 Å². The van der Waals surface area contributed by atoms with Gasteiger partial charge >= 0.3 is 0 Å². The fraction of sp³-hybridized carbons (Fsp3) is 0.308. The molecule has 0 spiro atoms. The first-order valence-electron chi connectivity index (χ1n) is 5.89. The highest BCUT2D eigenvalue weighted by Crippen LogP contribution is 2.32. The molecule has 0 fully saturated rings. The van der Waals surface area contributed by atoms with Crippen LogP contribution in [-0.2, 0) is 13.1 Å². The molecular weight excluding hydrogens is 374 g/mol. The summed E-state index contributed by atoms with van der Waals surface area (Å²) in [6.07, 6.45) is 5.56. The minimum absolute atomic E-state index is 0.760. The lowest BCUT2D eigenvalue weighted by Gasteiger charge is -2.12. The van der Waals surface area contributed by atoms with E-state index >= 15 is 0 Å². The van der Waals surface area contributed by atoms with E-state index in [1.165, 1.54) is 0 Å². The van der Waals surface area contributed by atoms with Crippen LogP contribution in [-0.4, -0.2) is 23.2 Å². The van der Waals surface area contributed by atoms with E-state index in [1.54, 1.807) is 13.3 Å². The van der Waals surface area contributed by atoms with E-state index in [1.807, 2.05) is 23.2 Å². The van der Waals surface area contributed by atoms with Gasteiger partial charge in [0.25, 0.3) is 0 Å². The molecule has 2 aromatic rings. The van der Waals surface area contributed by atoms with Gasteiger partial charge in [-0.05, 0) is 28.1 Å². The summed E-state index contributed by atoms with van der Waals surface area (Å²) in [4.78, 5) is 4.01. The molecule has 0 amide bonds. The van der Waals surface area contributed by atoms with E-state index < -0.39 is 0 Å². The molecule has 0 aliphatic carbocycles. The minimum Gasteiger partial charge on any atom is -0.495 e. The molecule has 0 radical (unpaired) electrons. The second kappa shape index (κ2) is 7.07. The van der Waals surface area contributed by atoms with Gasteiger partial charge in [0, 0.05) is 42.1 Å². The largest absolute Gasteiger partial charge is 0.495 e. The molecule has 19 heavy (non-hydrogen) atoms. The van der Waals surface area contributed by atoms with E-state index in [9.17, 15) is 0 Å². The normalized spacial score (nSPS) is 10.7. The lowest BCUT2D eigenvalue weighted by molar-refractivity contribution is 0.404. The van der Waals surface area contributed by atoms with Crippen LogP contribution in [0.2, 0.25) is 0 Å². The molecular formula is C13H15Br2N3O. The number of aromatic nitrogens is 2. The van der Waals surface area contributed by atoms with Crippen molar-refractivity contribution in [2.45, 2.75) is 13.1 Å². The van der Waals surface area contributed by atoms with Crippen molar-refractivity contribution < 1.29 is 4.74 Å². The Labute approximate surface area is 129 Å². The van der Waals surface area contributed by atoms with Crippen LogP contribution in [0.1, 0.15) is 5.56 Å². The van der Waals surface area contributed by atoms with Crippen LogP contribution in [0.15, 0.2) is 39.8 Å². The first-order chi connectivity index (χ1) is 9.20. The summed E-state index contributed by atoms with van der Waals surface area (Å²) in [7, 11) is 1.68. The minimum atomic E-state index is 0.760. The molecule has 0 aliphatic rings. The molecule has 0 unspecified atom stereocenters. The maximum atomic E-state index is 5.41. The van der Waals surface area contributed by atoms with Crippen molar-refractivity contribution in [2.75, 3.05) is 13.7 Å². The Morgan fingerprint density at radius 3 is 2.89 bits per heavy atom. The van der Waals surface area contributed by atoms with Crippen molar-refractivity contribution in [3.8, 4) is 5.75 Å². The Balaban J connectivity index is 1.92. The predicted octanol–water partition coefficient (Wildman–Crippen LogP) is 3.21. The Morgan fingerprint density at radius 2 is 2.21 bits per heavy atom. The van der Waals surface area contributed by atoms with Crippen LogP contribution >= 0.6 is 31.9 Å². The van der Waals surface area contributed by atoms with Gasteiger partial charge in [-0.2, -0.15) is 0 Å². The number of ether oxygens (including phenoxy) is 1. The number of nitrogens with one attached hydrogen (secondary N) is 1. The molecule has 4 nitrogen and oxygen atoms in total. The van der Waals surface area contributed by atoms with Crippen LogP contribution in [0.3, 0.4) is 0 Å². The maximum Gasteiger partial charge on any atom is 0.137 e. The van der Waals surface area contributed by atoms with Crippen LogP contribution in [0.4, 0.5) is 0 Å². The van der Waals surface area contributed by atoms with Crippen molar-refractivity contribution in [2.24, 2.45) is 0 Å². The average Bonchev–Trinajstić information content (AvgIpc) is 2.87. The summed E-state index contributed by atoms with van der Waals surface area (Å²) < 4.78 is 9.44. The van der Waals surface area contributed by atoms with E-state index in [0.29, 0.717) is 0 Å². The van der Waals surface area contributed by atoms with E-state index in [4.69, 9.17) is 4.74 Å². The molecule has 1 aromatic carbocycles. The highest BCUT2D eigenvalue weighted by atomic mass is 79.9. The van der Waals surface area contributed by atoms with Crippen molar-refractivity contribution in [3.63, 3.8) is 0 Å². The lowest BCUT2D eigenvalue weighted by atomic mass is 10.2. The highest BCUT2D eigenvalue weighted by molar-refractivity contribution is 9.11. The summed E-state index contributed by atoms with van der Waals surface area (Å²) in [5.74, 6) is 0.873. The van der Waals surface area contributed by atoms with Crippen molar-refractivity contribution >= 4 is 31.9 Å². The molecule has 1 aromatic heterocycles. The fourth-order valence-electron chi connectivity index (χ4n) is 1.82. The molecule has 6 heteroatoms. The van der Waals surface area contributed by atoms with E-state index in [-0.39, 0.29) is 0 Å². The van der Waals surface area contributed by atoms with Crippen LogP contribution in [0.5, 0.6) is 5.75 Å². The van der Waals surface area contributed by atoms with Crippen LogP contribution < -0.4 is 10.1 Å². The summed E-state index contributed by atoms with van der Waals surface area (Å²) in [5.41, 5.74) is 1.12. The van der Waals surface area contributed by atoms with Gasteiger partial charge in [-0.25, -0.2) is 4.98 Å². The van der Waals surface area contributed by atoms with Gasteiger partial charge < -0.3 is 14.6 Å². The SMILES string of the molecule is COc1c(Br)cc(Br)cc1CNCCn1ccnc1. The number of hydrogen-bond acceptors (Lipinski definition) is 3. The number of rotatable bonds is 6. The molecule has 1 heterocycles. The molecule has 0 aliphatic heterocycles. The third kappa shape index (κ3) is 4.06. The molecule has 0 bridgehead atoms. The molecule has 0 saturated carbocycles. The van der Waals surface area contributed by atoms with Gasteiger partial charge in [0.15, 0.2) is 0 Å². The number of nitrogens with zero attached hydrogens (tertiary/aromatic N) is 2. The number of methoxy groups -OCH3 is 1. The molecule has 0 saturated heterocycles. The fourth-order valence-corrected chi connectivity index (χ4v) is 3.30. The molecule has 0 atom stereocenters.